The van der Waals surface area contributed by atoms with Crippen LogP contribution < -0.4 is 20.1 Å². The van der Waals surface area contributed by atoms with Crippen LogP contribution in [0, 0.1) is 24.5 Å². The Morgan fingerprint density at radius 2 is 1.78 bits per heavy atom. The first kappa shape index (κ1) is 37.3. The van der Waals surface area contributed by atoms with Crippen LogP contribution in [0.15, 0.2) is 54.6 Å². The number of hydrogen-bond acceptors (Lipinski definition) is 9. The molecule has 4 amide bonds. The average Bonchev–Trinajstić information content (AvgIpc) is 4.01. The molecule has 0 spiro atoms. The van der Waals surface area contributed by atoms with Crippen LogP contribution in [-0.4, -0.2) is 81.9 Å². The summed E-state index contributed by atoms with van der Waals surface area (Å²) in [5.74, 6) is -4.87. The molecule has 7 rings (SSSR count). The lowest BCUT2D eigenvalue weighted by Gasteiger charge is -2.30. The summed E-state index contributed by atoms with van der Waals surface area (Å²) in [6.07, 6.45) is 6.46. The largest absolute Gasteiger partial charge is 0.471 e. The van der Waals surface area contributed by atoms with Gasteiger partial charge in [0.15, 0.2) is 5.82 Å². The molecule has 3 heterocycles. The number of fused-ring (bicyclic) bond motifs is 3. The van der Waals surface area contributed by atoms with Crippen molar-refractivity contribution in [2.45, 2.75) is 100 Å². The SMILES string of the molecule is Cc1nc2cccc(F)c2nc1O[C@@H]1C[C@H]2C(=O)N[C@]3(C(=O)NS(=O)(=O)C4(C)CC4)CC3/C=C\CCCCC[C@H](NC(=O)c3ccccc3F)C(=O)N2C1. The molecule has 286 valence electrons. The highest BCUT2D eigenvalue weighted by Gasteiger charge is 2.63. The number of ether oxygens (including phenoxy) is 1. The number of hydrogen-bond donors (Lipinski definition) is 3. The fourth-order valence-electron chi connectivity index (χ4n) is 7.21. The average molecular weight is 765 g/mol. The lowest BCUT2D eigenvalue weighted by atomic mass is 10.0. The Morgan fingerprint density at radius 3 is 2.54 bits per heavy atom. The van der Waals surface area contributed by atoms with Crippen molar-refractivity contribution in [1.29, 1.82) is 0 Å². The van der Waals surface area contributed by atoms with Crippen molar-refractivity contribution in [3.63, 3.8) is 0 Å². The summed E-state index contributed by atoms with van der Waals surface area (Å²) in [7, 11) is -4.03. The second-order valence-electron chi connectivity index (χ2n) is 14.9. The Bertz CT molecular complexity index is 2160. The summed E-state index contributed by atoms with van der Waals surface area (Å²) in [4.78, 5) is 66.0. The van der Waals surface area contributed by atoms with Crippen LogP contribution in [0.3, 0.4) is 0 Å². The Kier molecular flexibility index (Phi) is 9.91. The molecule has 2 aliphatic heterocycles. The van der Waals surface area contributed by atoms with Crippen molar-refractivity contribution in [1.82, 2.24) is 30.2 Å². The number of nitrogens with zero attached hydrogens (tertiary/aromatic N) is 3. The number of nitrogens with one attached hydrogen (secondary N) is 3. The third-order valence-corrected chi connectivity index (χ3v) is 13.1. The van der Waals surface area contributed by atoms with E-state index in [0.717, 1.165) is 12.5 Å². The van der Waals surface area contributed by atoms with Crippen LogP contribution in [0.5, 0.6) is 5.88 Å². The van der Waals surface area contributed by atoms with E-state index in [1.165, 1.54) is 35.2 Å². The lowest BCUT2D eigenvalue weighted by Crippen LogP contribution is -2.58. The van der Waals surface area contributed by atoms with Crippen LogP contribution in [0.1, 0.15) is 80.8 Å². The quantitative estimate of drug-likeness (QED) is 0.303. The van der Waals surface area contributed by atoms with E-state index in [1.807, 2.05) is 12.2 Å². The summed E-state index contributed by atoms with van der Waals surface area (Å²) in [5.41, 5.74) is -1.20. The van der Waals surface area contributed by atoms with Gasteiger partial charge in [-0.2, -0.15) is 0 Å². The molecule has 2 aliphatic carbocycles. The third-order valence-electron chi connectivity index (χ3n) is 11.0. The van der Waals surface area contributed by atoms with E-state index in [-0.39, 0.29) is 42.8 Å². The summed E-state index contributed by atoms with van der Waals surface area (Å²) in [6, 6.07) is 7.36. The number of aryl methyl sites for hydroxylation is 1. The van der Waals surface area contributed by atoms with Gasteiger partial charge in [-0.05, 0) is 76.6 Å². The maximum absolute atomic E-state index is 14.7. The van der Waals surface area contributed by atoms with E-state index in [4.69, 9.17) is 4.74 Å². The van der Waals surface area contributed by atoms with Gasteiger partial charge in [0.05, 0.1) is 22.4 Å². The monoisotopic (exact) mass is 764 g/mol. The summed E-state index contributed by atoms with van der Waals surface area (Å²) < 4.78 is 62.9. The minimum Gasteiger partial charge on any atom is -0.471 e. The molecule has 3 aromatic rings. The van der Waals surface area contributed by atoms with Crippen molar-refractivity contribution in [3.05, 3.63) is 77.5 Å². The summed E-state index contributed by atoms with van der Waals surface area (Å²) in [6.45, 7) is 3.03. The number of aromatic nitrogens is 2. The molecule has 0 bridgehead atoms. The van der Waals surface area contributed by atoms with Crippen LogP contribution in [0.25, 0.3) is 11.0 Å². The highest BCUT2D eigenvalue weighted by molar-refractivity contribution is 7.91. The molecule has 4 aliphatic rings. The van der Waals surface area contributed by atoms with Gasteiger partial charge in [0, 0.05) is 12.3 Å². The fraction of sp³-hybridized carbons (Fsp3) is 0.474. The van der Waals surface area contributed by atoms with E-state index in [9.17, 15) is 36.4 Å². The number of allylic oxidation sites excluding steroid dienone is 1. The van der Waals surface area contributed by atoms with Gasteiger partial charge in [-0.3, -0.25) is 23.9 Å². The summed E-state index contributed by atoms with van der Waals surface area (Å²) >= 11 is 0. The number of benzene rings is 2. The number of para-hydroxylation sites is 1. The smallest absolute Gasteiger partial charge is 0.259 e. The second-order valence-corrected chi connectivity index (χ2v) is 17.1. The van der Waals surface area contributed by atoms with Crippen molar-refractivity contribution in [2.24, 2.45) is 5.92 Å². The zero-order valence-electron chi connectivity index (χ0n) is 29.9. The zero-order chi connectivity index (χ0) is 38.4. The Morgan fingerprint density at radius 1 is 1.02 bits per heavy atom. The van der Waals surface area contributed by atoms with E-state index in [1.54, 1.807) is 19.9 Å². The number of sulfonamides is 1. The van der Waals surface area contributed by atoms with Gasteiger partial charge in [-0.1, -0.05) is 43.2 Å². The number of rotatable bonds is 7. The first-order chi connectivity index (χ1) is 25.7. The Balaban J connectivity index is 1.21. The second kappa shape index (κ2) is 14.3. The molecule has 54 heavy (non-hydrogen) atoms. The number of halogens is 2. The molecule has 5 atom stereocenters. The van der Waals surface area contributed by atoms with Crippen LogP contribution in [-0.2, 0) is 24.4 Å². The van der Waals surface area contributed by atoms with E-state index < -0.39 is 79.7 Å². The maximum atomic E-state index is 14.7. The molecule has 2 saturated carbocycles. The van der Waals surface area contributed by atoms with Gasteiger partial charge in [0.1, 0.15) is 40.8 Å². The molecule has 13 nitrogen and oxygen atoms in total. The lowest BCUT2D eigenvalue weighted by molar-refractivity contribution is -0.141. The van der Waals surface area contributed by atoms with Gasteiger partial charge in [0.25, 0.3) is 11.8 Å². The minimum atomic E-state index is -4.03. The predicted octanol–water partition coefficient (Wildman–Crippen LogP) is 3.76. The topological polar surface area (TPSA) is 177 Å². The zero-order valence-corrected chi connectivity index (χ0v) is 30.8. The molecule has 3 fully saturated rings. The van der Waals surface area contributed by atoms with Crippen LogP contribution >= 0.6 is 0 Å². The maximum Gasteiger partial charge on any atom is 0.259 e. The van der Waals surface area contributed by atoms with Crippen LogP contribution in [0.4, 0.5) is 8.78 Å². The van der Waals surface area contributed by atoms with Gasteiger partial charge in [0.2, 0.25) is 27.7 Å². The normalized spacial score (nSPS) is 27.4. The molecule has 2 aromatic carbocycles. The Hall–Kier alpha value is -4.99. The standard InChI is InChI=1S/C38H42F2N6O7S/c1-22-34(43-31-27(40)14-10-16-28(31)41-22)53-24-19-30-33(48)44-38(36(50)45-54(51,52)37(2)17-18-37)20-23(38)11-6-4-3-5-7-15-29(35(49)46(30)21-24)42-32(47)25-12-8-9-13-26(25)39/h6,8-14,16,23-24,29-30H,3-5,7,15,17-21H2,1-2H3,(H,42,47)(H,44,48)(H,45,50)/b11-6-/t23?,24-,29+,30+,38-/m1/s1. The highest BCUT2D eigenvalue weighted by Crippen LogP contribution is 2.47. The molecular weight excluding hydrogens is 723 g/mol. The van der Waals surface area contributed by atoms with E-state index in [2.05, 4.69) is 25.3 Å². The van der Waals surface area contributed by atoms with Crippen molar-refractivity contribution in [3.8, 4) is 5.88 Å². The molecule has 3 N–H and O–H groups in total. The highest BCUT2D eigenvalue weighted by atomic mass is 32.2. The summed E-state index contributed by atoms with van der Waals surface area (Å²) in [5, 5.41) is 5.49. The van der Waals surface area contributed by atoms with E-state index >= 15 is 0 Å². The van der Waals surface area contributed by atoms with Crippen LogP contribution in [0.2, 0.25) is 0 Å². The van der Waals surface area contributed by atoms with Gasteiger partial charge >= 0.3 is 0 Å². The number of carbonyl (C=O) groups excluding carboxylic acids is 4. The van der Waals surface area contributed by atoms with Crippen molar-refractivity contribution < 1.29 is 41.1 Å². The van der Waals surface area contributed by atoms with Crippen molar-refractivity contribution >= 4 is 44.7 Å². The molecule has 1 aromatic heterocycles. The molecule has 0 radical (unpaired) electrons. The predicted molar refractivity (Wildman–Crippen MR) is 192 cm³/mol. The molecule has 16 heteroatoms. The number of carbonyl (C=O) groups is 4. The first-order valence-electron chi connectivity index (χ1n) is 18.2. The number of amides is 4. The first-order valence-corrected chi connectivity index (χ1v) is 19.7. The Labute approximate surface area is 311 Å². The van der Waals surface area contributed by atoms with Crippen molar-refractivity contribution in [2.75, 3.05) is 6.54 Å². The molecular formula is C38H42F2N6O7S. The molecule has 1 saturated heterocycles. The molecule has 1 unspecified atom stereocenters. The minimum absolute atomic E-state index is 0.000348. The fourth-order valence-corrected chi connectivity index (χ4v) is 8.53. The third kappa shape index (κ3) is 7.27. The van der Waals surface area contributed by atoms with Gasteiger partial charge in [-0.15, -0.1) is 0 Å². The van der Waals surface area contributed by atoms with Gasteiger partial charge in [-0.25, -0.2) is 27.2 Å². The van der Waals surface area contributed by atoms with E-state index in [0.29, 0.717) is 43.3 Å². The van der Waals surface area contributed by atoms with Gasteiger partial charge < -0.3 is 20.3 Å².